The van der Waals surface area contributed by atoms with Crippen molar-refractivity contribution in [3.63, 3.8) is 0 Å². The van der Waals surface area contributed by atoms with Crippen LogP contribution in [0.25, 0.3) is 11.2 Å². The van der Waals surface area contributed by atoms with E-state index in [1.165, 1.54) is 40.9 Å². The summed E-state index contributed by atoms with van der Waals surface area (Å²) in [6.45, 7) is -0.141. The molecule has 0 unspecified atom stereocenters. The summed E-state index contributed by atoms with van der Waals surface area (Å²) in [5.74, 6) is -0.360. The number of anilines is 1. The van der Waals surface area contributed by atoms with Gasteiger partial charge in [0, 0.05) is 19.0 Å². The highest BCUT2D eigenvalue weighted by molar-refractivity contribution is 7.16. The summed E-state index contributed by atoms with van der Waals surface area (Å²) in [6.07, 6.45) is 4.19. The van der Waals surface area contributed by atoms with E-state index in [1.807, 2.05) is 0 Å². The van der Waals surface area contributed by atoms with Gasteiger partial charge in [0.1, 0.15) is 17.6 Å². The van der Waals surface area contributed by atoms with Gasteiger partial charge in [0.25, 0.3) is 5.56 Å². The lowest BCUT2D eigenvalue weighted by atomic mass is 10.1. The van der Waals surface area contributed by atoms with E-state index in [0.717, 1.165) is 34.3 Å². The number of hydrogen-bond acceptors (Lipinski definition) is 6. The van der Waals surface area contributed by atoms with Gasteiger partial charge < -0.3 is 9.88 Å². The van der Waals surface area contributed by atoms with Crippen LogP contribution in [0.4, 0.5) is 5.00 Å². The fourth-order valence-corrected chi connectivity index (χ4v) is 4.70. The van der Waals surface area contributed by atoms with Crippen LogP contribution in [0.15, 0.2) is 15.9 Å². The number of carbonyl (C=O) groups is 1. The number of nitriles is 1. The zero-order valence-electron chi connectivity index (χ0n) is 14.8. The van der Waals surface area contributed by atoms with Gasteiger partial charge in [-0.15, -0.1) is 11.3 Å². The first-order valence-corrected chi connectivity index (χ1v) is 9.19. The van der Waals surface area contributed by atoms with Gasteiger partial charge in [-0.2, -0.15) is 5.26 Å². The number of fused-ring (bicyclic) bond motifs is 2. The van der Waals surface area contributed by atoms with Crippen molar-refractivity contribution in [2.45, 2.75) is 25.8 Å². The van der Waals surface area contributed by atoms with Crippen LogP contribution in [0.1, 0.15) is 22.4 Å². The van der Waals surface area contributed by atoms with Crippen LogP contribution in [0.3, 0.4) is 0 Å². The van der Waals surface area contributed by atoms with Gasteiger partial charge in [-0.05, 0) is 24.8 Å². The Morgan fingerprint density at radius 1 is 1.33 bits per heavy atom. The molecule has 0 aromatic carbocycles. The lowest BCUT2D eigenvalue weighted by Crippen LogP contribution is -2.37. The molecular weight excluding hydrogens is 368 g/mol. The van der Waals surface area contributed by atoms with E-state index in [1.54, 1.807) is 0 Å². The van der Waals surface area contributed by atoms with E-state index in [9.17, 15) is 19.6 Å². The van der Waals surface area contributed by atoms with E-state index >= 15 is 0 Å². The molecule has 1 aliphatic carbocycles. The van der Waals surface area contributed by atoms with Crippen molar-refractivity contribution in [1.29, 1.82) is 5.26 Å². The normalized spacial score (nSPS) is 12.9. The van der Waals surface area contributed by atoms with Gasteiger partial charge >= 0.3 is 5.69 Å². The smallest absolute Gasteiger partial charge is 0.315 e. The molecule has 0 aliphatic heterocycles. The number of aromatic nitrogens is 4. The zero-order valence-corrected chi connectivity index (χ0v) is 15.6. The van der Waals surface area contributed by atoms with Gasteiger partial charge in [-0.3, -0.25) is 18.7 Å². The molecule has 1 amide bonds. The average Bonchev–Trinajstić information content (AvgIpc) is 3.32. The molecule has 0 saturated heterocycles. The first-order valence-electron chi connectivity index (χ1n) is 8.37. The topological polar surface area (TPSA) is 115 Å². The van der Waals surface area contributed by atoms with Crippen LogP contribution in [0.5, 0.6) is 0 Å². The third kappa shape index (κ3) is 2.59. The van der Waals surface area contributed by atoms with Crippen LogP contribution in [0.2, 0.25) is 0 Å². The Morgan fingerprint density at radius 2 is 2.11 bits per heavy atom. The minimum absolute atomic E-state index is 0.141. The number of nitrogens with one attached hydrogen (secondary N) is 1. The van der Waals surface area contributed by atoms with E-state index in [2.05, 4.69) is 16.4 Å². The lowest BCUT2D eigenvalue weighted by molar-refractivity contribution is -0.116. The standard InChI is InChI=1S/C17H16N6O3S/c1-21-14-13(16(25)22(2)17(21)26)23(8-19-14)7-12(24)20-15-10(6-18)9-4-3-5-11(9)27-15/h8H,3-5,7H2,1-2H3,(H,20,24). The molecule has 0 atom stereocenters. The third-order valence-electron chi connectivity index (χ3n) is 4.82. The molecule has 9 nitrogen and oxygen atoms in total. The second kappa shape index (κ2) is 6.21. The largest absolute Gasteiger partial charge is 0.332 e. The van der Waals surface area contributed by atoms with Crippen LogP contribution >= 0.6 is 11.3 Å². The molecule has 3 heterocycles. The van der Waals surface area contributed by atoms with Crippen molar-refractivity contribution in [2.75, 3.05) is 5.32 Å². The summed E-state index contributed by atoms with van der Waals surface area (Å²) in [5, 5.41) is 12.8. The SMILES string of the molecule is Cn1c(=O)c2c(ncn2CC(=O)Nc2sc3c(c2C#N)CCC3)n(C)c1=O. The maximum atomic E-state index is 12.5. The zero-order chi connectivity index (χ0) is 19.3. The predicted octanol–water partition coefficient (Wildman–Crippen LogP) is 0.494. The molecule has 138 valence electrons. The monoisotopic (exact) mass is 384 g/mol. The highest BCUT2D eigenvalue weighted by Crippen LogP contribution is 2.38. The van der Waals surface area contributed by atoms with Gasteiger partial charge in [0.05, 0.1) is 11.9 Å². The maximum Gasteiger partial charge on any atom is 0.332 e. The molecule has 1 N–H and O–H groups in total. The van der Waals surface area contributed by atoms with Crippen LogP contribution in [-0.4, -0.2) is 24.6 Å². The number of thiophene rings is 1. The second-order valence-corrected chi connectivity index (χ2v) is 7.58. The highest BCUT2D eigenvalue weighted by atomic mass is 32.1. The van der Waals surface area contributed by atoms with Crippen LogP contribution < -0.4 is 16.6 Å². The average molecular weight is 384 g/mol. The summed E-state index contributed by atoms with van der Waals surface area (Å²) in [5.41, 5.74) is 0.997. The Bertz CT molecular complexity index is 1250. The highest BCUT2D eigenvalue weighted by Gasteiger charge is 2.23. The van der Waals surface area contributed by atoms with Gasteiger partial charge in [-0.1, -0.05) is 0 Å². The van der Waals surface area contributed by atoms with E-state index in [4.69, 9.17) is 0 Å². The molecule has 1 aliphatic rings. The Kier molecular flexibility index (Phi) is 3.96. The Balaban J connectivity index is 1.66. The van der Waals surface area contributed by atoms with Crippen LogP contribution in [0, 0.1) is 11.3 Å². The maximum absolute atomic E-state index is 12.5. The van der Waals surface area contributed by atoms with E-state index in [-0.39, 0.29) is 23.6 Å². The third-order valence-corrected chi connectivity index (χ3v) is 6.02. The number of aryl methyl sites for hydroxylation is 2. The number of imidazole rings is 1. The molecule has 0 spiro atoms. The van der Waals surface area contributed by atoms with Crippen molar-refractivity contribution < 1.29 is 4.79 Å². The summed E-state index contributed by atoms with van der Waals surface area (Å²) < 4.78 is 3.67. The molecule has 0 radical (unpaired) electrons. The summed E-state index contributed by atoms with van der Waals surface area (Å²) >= 11 is 1.44. The van der Waals surface area contributed by atoms with Crippen molar-refractivity contribution in [3.05, 3.63) is 43.2 Å². The minimum atomic E-state index is -0.508. The van der Waals surface area contributed by atoms with Crippen molar-refractivity contribution in [1.82, 2.24) is 18.7 Å². The Morgan fingerprint density at radius 3 is 2.85 bits per heavy atom. The summed E-state index contributed by atoms with van der Waals surface area (Å²) in [4.78, 5) is 42.2. The summed E-state index contributed by atoms with van der Waals surface area (Å²) in [7, 11) is 2.90. The molecule has 4 rings (SSSR count). The fraction of sp³-hybridized carbons (Fsp3) is 0.353. The number of amides is 1. The molecular formula is C17H16N6O3S. The number of nitrogens with zero attached hydrogens (tertiary/aromatic N) is 5. The summed E-state index contributed by atoms with van der Waals surface area (Å²) in [6, 6.07) is 2.19. The molecule has 3 aromatic rings. The van der Waals surface area contributed by atoms with Crippen molar-refractivity contribution in [3.8, 4) is 6.07 Å². The number of rotatable bonds is 3. The predicted molar refractivity (Wildman–Crippen MR) is 99.9 cm³/mol. The van der Waals surface area contributed by atoms with E-state index < -0.39 is 11.2 Å². The van der Waals surface area contributed by atoms with Gasteiger partial charge in [0.2, 0.25) is 5.91 Å². The van der Waals surface area contributed by atoms with Gasteiger partial charge in [0.15, 0.2) is 11.2 Å². The van der Waals surface area contributed by atoms with E-state index in [0.29, 0.717) is 10.6 Å². The molecule has 0 saturated carbocycles. The molecule has 0 fully saturated rings. The van der Waals surface area contributed by atoms with Gasteiger partial charge in [-0.25, -0.2) is 9.78 Å². The van der Waals surface area contributed by atoms with Crippen molar-refractivity contribution >= 4 is 33.4 Å². The Labute approximate surface area is 157 Å². The van der Waals surface area contributed by atoms with Crippen molar-refractivity contribution in [2.24, 2.45) is 14.1 Å². The second-order valence-electron chi connectivity index (χ2n) is 6.47. The lowest BCUT2D eigenvalue weighted by Gasteiger charge is -2.07. The molecule has 0 bridgehead atoms. The van der Waals surface area contributed by atoms with Crippen LogP contribution in [-0.2, 0) is 38.3 Å². The fourth-order valence-electron chi connectivity index (χ4n) is 3.45. The number of hydrogen-bond donors (Lipinski definition) is 1. The first-order chi connectivity index (χ1) is 12.9. The molecule has 10 heteroatoms. The molecule has 3 aromatic heterocycles. The Hall–Kier alpha value is -3.19. The number of carbonyl (C=O) groups excluding carboxylic acids is 1. The minimum Gasteiger partial charge on any atom is -0.315 e. The quantitative estimate of drug-likeness (QED) is 0.706. The molecule has 27 heavy (non-hydrogen) atoms. The first kappa shape index (κ1) is 17.2.